The summed E-state index contributed by atoms with van der Waals surface area (Å²) in [5, 5.41) is 0.502. The van der Waals surface area contributed by atoms with Gasteiger partial charge in [0.15, 0.2) is 0 Å². The Labute approximate surface area is 280 Å². The predicted octanol–water partition coefficient (Wildman–Crippen LogP) is 5.62. The molecule has 1 atom stereocenters. The minimum atomic E-state index is -0.523. The number of piperazine rings is 1. The molecule has 3 aromatic heterocycles. The highest BCUT2D eigenvalue weighted by atomic mass is 35.5. The number of carbonyl (C=O) groups is 1. The average molecular weight is 663 g/mol. The highest BCUT2D eigenvalue weighted by Gasteiger charge is 2.30. The number of carbonyl (C=O) groups excluding carboxylic acids is 1. The molecule has 2 aliphatic heterocycles. The molecule has 250 valence electrons. The highest BCUT2D eigenvalue weighted by molar-refractivity contribution is 6.32. The van der Waals surface area contributed by atoms with Crippen LogP contribution in [0.2, 0.25) is 5.02 Å². The smallest absolute Gasteiger partial charge is 0.410 e. The third-order valence-corrected chi connectivity index (χ3v) is 9.03. The minimum absolute atomic E-state index is 0.0477. The number of pyridine rings is 1. The van der Waals surface area contributed by atoms with Gasteiger partial charge in [-0.05, 0) is 45.7 Å². The predicted molar refractivity (Wildman–Crippen MR) is 184 cm³/mol. The van der Waals surface area contributed by atoms with Gasteiger partial charge in [0.1, 0.15) is 22.7 Å². The molecular formula is C34H43ClN8O4. The van der Waals surface area contributed by atoms with Crippen LogP contribution in [0.5, 0.6) is 11.5 Å². The second kappa shape index (κ2) is 13.3. The number of benzene rings is 1. The summed E-state index contributed by atoms with van der Waals surface area (Å²) in [5.74, 6) is 1.89. The highest BCUT2D eigenvalue weighted by Crippen LogP contribution is 2.38. The van der Waals surface area contributed by atoms with Gasteiger partial charge in [-0.25, -0.2) is 19.7 Å². The Balaban J connectivity index is 1.07. The third-order valence-electron chi connectivity index (χ3n) is 8.74. The van der Waals surface area contributed by atoms with Crippen molar-refractivity contribution in [3.8, 4) is 22.8 Å². The van der Waals surface area contributed by atoms with E-state index in [-0.39, 0.29) is 12.1 Å². The molecule has 0 spiro atoms. The molecule has 0 N–H and O–H groups in total. The lowest BCUT2D eigenvalue weighted by Gasteiger charge is -2.38. The second-order valence-electron chi connectivity index (χ2n) is 13.0. The molecule has 0 aliphatic carbocycles. The van der Waals surface area contributed by atoms with Gasteiger partial charge in [0.05, 0.1) is 49.1 Å². The number of piperidine rings is 1. The average Bonchev–Trinajstić information content (AvgIpc) is 3.51. The standard InChI is InChI=1S/C34H43ClN8O4/c1-34(2,3)47-33(44)39(4)24-8-7-10-43(21-24)32-36-19-25(20-37-32)41-14-12-40(13-15-41)23-9-11-42-22-28(38-31(42)16-23)26-17-27(35)30(46-6)18-29(26)45-5/h9,11,16-20,22,24H,7-8,10,12-15,21H2,1-6H3. The van der Waals surface area contributed by atoms with Crippen LogP contribution in [-0.4, -0.2) is 103 Å². The summed E-state index contributed by atoms with van der Waals surface area (Å²) in [5.41, 5.74) is 4.02. The first-order valence-corrected chi connectivity index (χ1v) is 16.3. The summed E-state index contributed by atoms with van der Waals surface area (Å²) in [6.07, 6.45) is 9.43. The molecule has 4 aromatic rings. The lowest BCUT2D eigenvalue weighted by molar-refractivity contribution is 0.0209. The Morgan fingerprint density at radius 3 is 2.28 bits per heavy atom. The molecule has 0 saturated carbocycles. The maximum absolute atomic E-state index is 12.6. The monoisotopic (exact) mass is 662 g/mol. The number of halogens is 1. The molecule has 1 amide bonds. The normalized spacial score (nSPS) is 17.2. The fourth-order valence-electron chi connectivity index (χ4n) is 6.16. The molecule has 2 saturated heterocycles. The molecule has 12 nitrogen and oxygen atoms in total. The van der Waals surface area contributed by atoms with Crippen LogP contribution in [0, 0.1) is 0 Å². The number of likely N-dealkylation sites (N-methyl/N-ethyl adjacent to an activating group) is 1. The largest absolute Gasteiger partial charge is 0.496 e. The number of imidazole rings is 1. The van der Waals surface area contributed by atoms with E-state index in [0.29, 0.717) is 29.0 Å². The molecule has 13 heteroatoms. The molecule has 47 heavy (non-hydrogen) atoms. The van der Waals surface area contributed by atoms with Crippen LogP contribution in [0.25, 0.3) is 16.9 Å². The molecule has 0 bridgehead atoms. The van der Waals surface area contributed by atoms with Crippen LogP contribution < -0.4 is 24.2 Å². The van der Waals surface area contributed by atoms with Gasteiger partial charge in [0.25, 0.3) is 0 Å². The summed E-state index contributed by atoms with van der Waals surface area (Å²) in [4.78, 5) is 35.5. The maximum Gasteiger partial charge on any atom is 0.410 e. The topological polar surface area (TPSA) is 101 Å². The fraction of sp³-hybridized carbons (Fsp3) is 0.471. The lowest BCUT2D eigenvalue weighted by Crippen LogP contribution is -2.50. The number of amides is 1. The first-order chi connectivity index (χ1) is 22.5. The summed E-state index contributed by atoms with van der Waals surface area (Å²) in [6, 6.07) is 7.89. The minimum Gasteiger partial charge on any atom is -0.496 e. The number of ether oxygens (including phenoxy) is 3. The summed E-state index contributed by atoms with van der Waals surface area (Å²) in [6.45, 7) is 10.6. The number of hydrogen-bond acceptors (Lipinski definition) is 10. The van der Waals surface area contributed by atoms with Gasteiger partial charge in [0, 0.05) is 82.1 Å². The van der Waals surface area contributed by atoms with Crippen molar-refractivity contribution in [3.63, 3.8) is 0 Å². The number of aromatic nitrogens is 4. The van der Waals surface area contributed by atoms with E-state index in [4.69, 9.17) is 40.8 Å². The zero-order valence-electron chi connectivity index (χ0n) is 27.9. The van der Waals surface area contributed by atoms with Crippen molar-refractivity contribution in [1.82, 2.24) is 24.3 Å². The molecule has 1 unspecified atom stereocenters. The van der Waals surface area contributed by atoms with Crippen molar-refractivity contribution in [2.24, 2.45) is 0 Å². The van der Waals surface area contributed by atoms with Gasteiger partial charge >= 0.3 is 6.09 Å². The van der Waals surface area contributed by atoms with Gasteiger partial charge in [-0.2, -0.15) is 0 Å². The summed E-state index contributed by atoms with van der Waals surface area (Å²) < 4.78 is 18.5. The molecule has 6 rings (SSSR count). The number of hydrogen-bond donors (Lipinski definition) is 0. The Bertz CT molecular complexity index is 1720. The molecule has 5 heterocycles. The van der Waals surface area contributed by atoms with Gasteiger partial charge in [-0.3, -0.25) is 0 Å². The fourth-order valence-corrected chi connectivity index (χ4v) is 6.40. The lowest BCUT2D eigenvalue weighted by atomic mass is 10.1. The van der Waals surface area contributed by atoms with Gasteiger partial charge in [-0.15, -0.1) is 0 Å². The van der Waals surface area contributed by atoms with E-state index in [9.17, 15) is 4.79 Å². The van der Waals surface area contributed by atoms with Crippen LogP contribution in [0.1, 0.15) is 33.6 Å². The van der Waals surface area contributed by atoms with Crippen LogP contribution >= 0.6 is 11.6 Å². The van der Waals surface area contributed by atoms with Crippen molar-refractivity contribution < 1.29 is 19.0 Å². The third kappa shape index (κ3) is 7.12. The van der Waals surface area contributed by atoms with Crippen molar-refractivity contribution in [2.75, 3.05) is 75.2 Å². The molecular weight excluding hydrogens is 620 g/mol. The van der Waals surface area contributed by atoms with E-state index in [1.54, 1.807) is 25.2 Å². The van der Waals surface area contributed by atoms with E-state index in [2.05, 4.69) is 26.8 Å². The Hall–Kier alpha value is -4.45. The van der Waals surface area contributed by atoms with E-state index in [1.165, 1.54) is 0 Å². The van der Waals surface area contributed by atoms with Gasteiger partial charge < -0.3 is 38.2 Å². The second-order valence-corrected chi connectivity index (χ2v) is 13.4. The van der Waals surface area contributed by atoms with Gasteiger partial charge in [-0.1, -0.05) is 11.6 Å². The molecule has 0 radical (unpaired) electrons. The Morgan fingerprint density at radius 2 is 1.62 bits per heavy atom. The summed E-state index contributed by atoms with van der Waals surface area (Å²) >= 11 is 6.42. The Morgan fingerprint density at radius 1 is 0.936 bits per heavy atom. The number of methoxy groups -OCH3 is 2. The Kier molecular flexibility index (Phi) is 9.23. The number of fused-ring (bicyclic) bond motifs is 1. The number of anilines is 3. The first kappa shape index (κ1) is 32.5. The van der Waals surface area contributed by atoms with Crippen LogP contribution in [0.15, 0.2) is 49.1 Å². The zero-order chi connectivity index (χ0) is 33.3. The van der Waals surface area contributed by atoms with Crippen molar-refractivity contribution >= 4 is 40.7 Å². The van der Waals surface area contributed by atoms with Crippen molar-refractivity contribution in [1.29, 1.82) is 0 Å². The summed E-state index contributed by atoms with van der Waals surface area (Å²) in [7, 11) is 5.02. The number of nitrogens with zero attached hydrogens (tertiary/aromatic N) is 8. The quantitative estimate of drug-likeness (QED) is 0.248. The van der Waals surface area contributed by atoms with Crippen molar-refractivity contribution in [2.45, 2.75) is 45.3 Å². The van der Waals surface area contributed by atoms with Crippen LogP contribution in [0.3, 0.4) is 0 Å². The van der Waals surface area contributed by atoms with Crippen LogP contribution in [-0.2, 0) is 4.74 Å². The SMILES string of the molecule is COc1cc(OC)c(-c2cn3ccc(N4CCN(c5cnc(N6CCCC(N(C)C(=O)OC(C)(C)C)C6)nc5)CC4)cc3n2)cc1Cl. The van der Waals surface area contributed by atoms with Crippen molar-refractivity contribution in [3.05, 3.63) is 54.1 Å². The van der Waals surface area contributed by atoms with E-state index < -0.39 is 5.60 Å². The zero-order valence-corrected chi connectivity index (χ0v) is 28.7. The maximum atomic E-state index is 12.6. The molecule has 2 aliphatic rings. The van der Waals surface area contributed by atoms with E-state index in [1.807, 2.05) is 63.1 Å². The molecule has 1 aromatic carbocycles. The van der Waals surface area contributed by atoms with E-state index in [0.717, 1.165) is 73.8 Å². The van der Waals surface area contributed by atoms with Crippen LogP contribution in [0.4, 0.5) is 22.1 Å². The van der Waals surface area contributed by atoms with E-state index >= 15 is 0 Å². The molecule has 2 fully saturated rings. The number of rotatable bonds is 7. The first-order valence-electron chi connectivity index (χ1n) is 16.0. The van der Waals surface area contributed by atoms with Gasteiger partial charge in [0.2, 0.25) is 5.95 Å².